The molecule has 3 aromatic rings. The summed E-state index contributed by atoms with van der Waals surface area (Å²) in [5.74, 6) is -1.29. The van der Waals surface area contributed by atoms with Crippen molar-refractivity contribution >= 4 is 11.8 Å². The lowest BCUT2D eigenvalue weighted by molar-refractivity contribution is -0.137. The fourth-order valence-corrected chi connectivity index (χ4v) is 4.37. The maximum atomic E-state index is 14.0. The van der Waals surface area contributed by atoms with Crippen LogP contribution in [0.5, 0.6) is 0 Å². The highest BCUT2D eigenvalue weighted by Gasteiger charge is 2.35. The van der Waals surface area contributed by atoms with Gasteiger partial charge in [-0.1, -0.05) is 12.1 Å². The van der Waals surface area contributed by atoms with Crippen molar-refractivity contribution in [1.82, 2.24) is 14.4 Å². The van der Waals surface area contributed by atoms with Gasteiger partial charge in [-0.2, -0.15) is 13.2 Å². The van der Waals surface area contributed by atoms with E-state index < -0.39 is 29.5 Å². The Balaban J connectivity index is 1.60. The number of halogens is 4. The number of hydrogen-bond acceptors (Lipinski definition) is 2. The van der Waals surface area contributed by atoms with Gasteiger partial charge in [0, 0.05) is 36.6 Å². The first-order chi connectivity index (χ1) is 16.6. The van der Waals surface area contributed by atoms with Crippen molar-refractivity contribution < 1.29 is 27.2 Å². The first kappa shape index (κ1) is 24.5. The van der Waals surface area contributed by atoms with E-state index in [-0.39, 0.29) is 24.1 Å². The van der Waals surface area contributed by atoms with E-state index in [4.69, 9.17) is 0 Å². The van der Waals surface area contributed by atoms with Crippen LogP contribution in [0.2, 0.25) is 0 Å². The molecule has 0 N–H and O–H groups in total. The monoisotopic (exact) mass is 487 g/mol. The number of fused-ring (bicyclic) bond motifs is 1. The standard InChI is InChI=1S/C26H25F4N3O2/c1-17(2)33(25(35)18-8-10-20(11-9-18)26(28,29)30)16-23(34)32-14-13-31-12-4-7-22(31)24(32)19-5-3-6-21(27)15-19/h3-12,15,17,24H,13-14,16H2,1-2H3/t24-/m1/s1. The third kappa shape index (κ3) is 5.08. The Morgan fingerprint density at radius 3 is 2.37 bits per heavy atom. The molecule has 0 saturated heterocycles. The molecule has 2 amide bonds. The van der Waals surface area contributed by atoms with Crippen LogP contribution in [0.3, 0.4) is 0 Å². The van der Waals surface area contributed by atoms with Crippen molar-refractivity contribution in [3.05, 3.63) is 95.1 Å². The molecule has 0 saturated carbocycles. The molecule has 2 heterocycles. The molecule has 0 spiro atoms. The number of carbonyl (C=O) groups is 2. The van der Waals surface area contributed by atoms with Crippen LogP contribution in [0.4, 0.5) is 17.6 Å². The number of nitrogens with zero attached hydrogens (tertiary/aromatic N) is 3. The van der Waals surface area contributed by atoms with Crippen molar-refractivity contribution in [2.45, 2.75) is 38.7 Å². The third-order valence-corrected chi connectivity index (χ3v) is 6.17. The predicted octanol–water partition coefficient (Wildman–Crippen LogP) is 5.13. The molecule has 0 fully saturated rings. The van der Waals surface area contributed by atoms with Crippen LogP contribution in [0, 0.1) is 5.82 Å². The van der Waals surface area contributed by atoms with E-state index in [1.807, 2.05) is 22.9 Å². The van der Waals surface area contributed by atoms with E-state index in [0.717, 1.165) is 30.0 Å². The molecule has 0 unspecified atom stereocenters. The summed E-state index contributed by atoms with van der Waals surface area (Å²) < 4.78 is 54.7. The Kier molecular flexibility index (Phi) is 6.69. The Bertz CT molecular complexity index is 1220. The topological polar surface area (TPSA) is 45.6 Å². The second kappa shape index (κ2) is 9.56. The fourth-order valence-electron chi connectivity index (χ4n) is 4.37. The van der Waals surface area contributed by atoms with Crippen LogP contribution >= 0.6 is 0 Å². The number of hydrogen-bond donors (Lipinski definition) is 0. The maximum absolute atomic E-state index is 14.0. The lowest BCUT2D eigenvalue weighted by Crippen LogP contribution is -2.49. The van der Waals surface area contributed by atoms with E-state index in [0.29, 0.717) is 18.7 Å². The number of benzene rings is 2. The molecule has 4 rings (SSSR count). The fraction of sp³-hybridized carbons (Fsp3) is 0.308. The second-order valence-corrected chi connectivity index (χ2v) is 8.77. The highest BCUT2D eigenvalue weighted by atomic mass is 19.4. The van der Waals surface area contributed by atoms with Crippen molar-refractivity contribution in [2.75, 3.05) is 13.1 Å². The summed E-state index contributed by atoms with van der Waals surface area (Å²) in [6.45, 7) is 4.13. The second-order valence-electron chi connectivity index (χ2n) is 8.77. The highest BCUT2D eigenvalue weighted by molar-refractivity contribution is 5.96. The van der Waals surface area contributed by atoms with Gasteiger partial charge in [-0.05, 0) is 67.9 Å². The number of amides is 2. The quantitative estimate of drug-likeness (QED) is 0.469. The minimum absolute atomic E-state index is 0.0636. The van der Waals surface area contributed by atoms with E-state index in [9.17, 15) is 27.2 Å². The molecule has 184 valence electrons. The van der Waals surface area contributed by atoms with Crippen molar-refractivity contribution in [1.29, 1.82) is 0 Å². The van der Waals surface area contributed by atoms with Crippen molar-refractivity contribution in [3.8, 4) is 0 Å². The molecule has 2 aromatic carbocycles. The van der Waals surface area contributed by atoms with Crippen LogP contribution in [-0.2, 0) is 17.5 Å². The van der Waals surface area contributed by atoms with Gasteiger partial charge in [0.15, 0.2) is 0 Å². The van der Waals surface area contributed by atoms with E-state index in [2.05, 4.69) is 0 Å². The predicted molar refractivity (Wildman–Crippen MR) is 122 cm³/mol. The highest BCUT2D eigenvalue weighted by Crippen LogP contribution is 2.33. The largest absolute Gasteiger partial charge is 0.416 e. The Labute approximate surface area is 200 Å². The summed E-state index contributed by atoms with van der Waals surface area (Å²) in [6.07, 6.45) is -2.61. The van der Waals surface area contributed by atoms with Gasteiger partial charge in [0.2, 0.25) is 5.91 Å². The van der Waals surface area contributed by atoms with Gasteiger partial charge in [-0.3, -0.25) is 9.59 Å². The SMILES string of the molecule is CC(C)N(CC(=O)N1CCn2cccc2[C@H]1c1cccc(F)c1)C(=O)c1ccc(C(F)(F)F)cc1. The summed E-state index contributed by atoms with van der Waals surface area (Å²) in [5, 5.41) is 0. The molecule has 0 radical (unpaired) electrons. The molecule has 5 nitrogen and oxygen atoms in total. The Morgan fingerprint density at radius 1 is 1.03 bits per heavy atom. The summed E-state index contributed by atoms with van der Waals surface area (Å²) >= 11 is 0. The molecule has 1 aliphatic rings. The minimum atomic E-state index is -4.51. The van der Waals surface area contributed by atoms with E-state index in [1.54, 1.807) is 30.9 Å². The molecule has 0 aliphatic carbocycles. The molecule has 1 atom stereocenters. The van der Waals surface area contributed by atoms with Crippen LogP contribution in [0.1, 0.15) is 47.1 Å². The molecular formula is C26H25F4N3O2. The zero-order chi connectivity index (χ0) is 25.3. The Morgan fingerprint density at radius 2 is 1.74 bits per heavy atom. The first-order valence-electron chi connectivity index (χ1n) is 11.2. The van der Waals surface area contributed by atoms with Gasteiger partial charge in [-0.25, -0.2) is 4.39 Å². The van der Waals surface area contributed by atoms with Crippen LogP contribution < -0.4 is 0 Å². The van der Waals surface area contributed by atoms with E-state index >= 15 is 0 Å². The zero-order valence-electron chi connectivity index (χ0n) is 19.3. The van der Waals surface area contributed by atoms with Crippen LogP contribution in [-0.4, -0.2) is 45.3 Å². The molecule has 9 heteroatoms. The van der Waals surface area contributed by atoms with E-state index in [1.165, 1.54) is 17.0 Å². The average molecular weight is 487 g/mol. The minimum Gasteiger partial charge on any atom is -0.348 e. The van der Waals surface area contributed by atoms with Gasteiger partial charge in [-0.15, -0.1) is 0 Å². The van der Waals surface area contributed by atoms with Gasteiger partial charge < -0.3 is 14.4 Å². The summed E-state index contributed by atoms with van der Waals surface area (Å²) in [7, 11) is 0. The number of alkyl halides is 3. The molecule has 35 heavy (non-hydrogen) atoms. The molecule has 1 aliphatic heterocycles. The van der Waals surface area contributed by atoms with Crippen molar-refractivity contribution in [3.63, 3.8) is 0 Å². The van der Waals surface area contributed by atoms with Crippen LogP contribution in [0.25, 0.3) is 0 Å². The molecule has 0 bridgehead atoms. The lowest BCUT2D eigenvalue weighted by atomic mass is 9.99. The van der Waals surface area contributed by atoms with Gasteiger partial charge >= 0.3 is 6.18 Å². The third-order valence-electron chi connectivity index (χ3n) is 6.17. The number of aromatic nitrogens is 1. The number of carbonyl (C=O) groups excluding carboxylic acids is 2. The summed E-state index contributed by atoms with van der Waals surface area (Å²) in [6, 6.07) is 12.8. The first-order valence-corrected chi connectivity index (χ1v) is 11.2. The Hall–Kier alpha value is -3.62. The zero-order valence-corrected chi connectivity index (χ0v) is 19.3. The van der Waals surface area contributed by atoms with Gasteiger partial charge in [0.05, 0.1) is 11.6 Å². The average Bonchev–Trinajstić information content (AvgIpc) is 3.29. The summed E-state index contributed by atoms with van der Waals surface area (Å²) in [4.78, 5) is 29.6. The number of rotatable bonds is 5. The maximum Gasteiger partial charge on any atom is 0.416 e. The smallest absolute Gasteiger partial charge is 0.348 e. The lowest BCUT2D eigenvalue weighted by Gasteiger charge is -2.39. The molecular weight excluding hydrogens is 462 g/mol. The van der Waals surface area contributed by atoms with Crippen LogP contribution in [0.15, 0.2) is 66.9 Å². The van der Waals surface area contributed by atoms with Gasteiger partial charge in [0.1, 0.15) is 12.4 Å². The molecule has 1 aromatic heterocycles. The summed E-state index contributed by atoms with van der Waals surface area (Å²) in [5.41, 5.74) is 0.660. The normalized spacial score (nSPS) is 15.7. The van der Waals surface area contributed by atoms with Gasteiger partial charge in [0.25, 0.3) is 5.91 Å². The van der Waals surface area contributed by atoms with Crippen molar-refractivity contribution in [2.24, 2.45) is 0 Å².